The molecule has 0 amide bonds. The molecule has 0 radical (unpaired) electrons. The number of aliphatic hydroxyl groups is 2. The molecule has 1 aliphatic carbocycles. The van der Waals surface area contributed by atoms with Crippen LogP contribution >= 0.6 is 0 Å². The van der Waals surface area contributed by atoms with Crippen LogP contribution in [0.4, 0.5) is 0 Å². The van der Waals surface area contributed by atoms with Crippen molar-refractivity contribution in [3.63, 3.8) is 0 Å². The fourth-order valence-electron chi connectivity index (χ4n) is 2.99. The summed E-state index contributed by atoms with van der Waals surface area (Å²) in [6.45, 7) is 0.898. The molecule has 1 fully saturated rings. The number of aliphatic hydroxyl groups excluding tert-OH is 2. The minimum absolute atomic E-state index is 0.101. The summed E-state index contributed by atoms with van der Waals surface area (Å²) in [5.74, 6) is 6.12. The highest BCUT2D eigenvalue weighted by atomic mass is 16.3. The second kappa shape index (κ2) is 8.19. The van der Waals surface area contributed by atoms with Gasteiger partial charge in [-0.3, -0.25) is 4.90 Å². The summed E-state index contributed by atoms with van der Waals surface area (Å²) >= 11 is 0. The Hall–Kier alpha value is -1.34. The normalized spacial score (nSPS) is 21.9. The second-order valence-corrected chi connectivity index (χ2v) is 5.77. The fraction of sp³-hybridized carbons (Fsp3) is 0.556. The Balaban J connectivity index is 2.06. The van der Waals surface area contributed by atoms with Crippen LogP contribution in [0, 0.1) is 11.8 Å². The lowest BCUT2D eigenvalue weighted by molar-refractivity contribution is 0.0288. The summed E-state index contributed by atoms with van der Waals surface area (Å²) < 4.78 is 0. The van der Waals surface area contributed by atoms with Gasteiger partial charge in [0.15, 0.2) is 0 Å². The maximum absolute atomic E-state index is 10.2. The van der Waals surface area contributed by atoms with Gasteiger partial charge in [0, 0.05) is 24.6 Å². The van der Waals surface area contributed by atoms with Crippen molar-refractivity contribution in [1.29, 1.82) is 0 Å². The molecule has 21 heavy (non-hydrogen) atoms. The van der Waals surface area contributed by atoms with Gasteiger partial charge < -0.3 is 10.2 Å². The number of nitrogens with zero attached hydrogens (tertiary/aromatic N) is 1. The van der Waals surface area contributed by atoms with E-state index in [0.717, 1.165) is 31.4 Å². The first-order chi connectivity index (χ1) is 10.2. The summed E-state index contributed by atoms with van der Waals surface area (Å²) in [6, 6.07) is 8.37. The largest absolute Gasteiger partial charge is 0.395 e. The average Bonchev–Trinajstić information content (AvgIpc) is 2.49. The first kappa shape index (κ1) is 16.0. The number of likely N-dealkylation sites (N-methyl/N-ethyl adjacent to an activating group) is 1. The minimum Gasteiger partial charge on any atom is -0.395 e. The molecule has 1 aliphatic rings. The summed E-state index contributed by atoms with van der Waals surface area (Å²) in [5, 5.41) is 19.0. The lowest BCUT2D eigenvalue weighted by Crippen LogP contribution is -2.42. The van der Waals surface area contributed by atoms with E-state index in [9.17, 15) is 5.11 Å². The molecule has 0 saturated heterocycles. The number of benzene rings is 1. The van der Waals surface area contributed by atoms with E-state index in [1.165, 1.54) is 12.0 Å². The molecule has 1 aromatic carbocycles. The van der Waals surface area contributed by atoms with E-state index in [0.29, 0.717) is 6.42 Å². The highest BCUT2D eigenvalue weighted by Crippen LogP contribution is 2.24. The van der Waals surface area contributed by atoms with Crippen molar-refractivity contribution in [1.82, 2.24) is 4.90 Å². The Kier molecular flexibility index (Phi) is 6.25. The summed E-state index contributed by atoms with van der Waals surface area (Å²) in [4.78, 5) is 2.25. The van der Waals surface area contributed by atoms with E-state index >= 15 is 0 Å². The van der Waals surface area contributed by atoms with Crippen molar-refractivity contribution in [3.05, 3.63) is 35.4 Å². The molecule has 2 rings (SSSR count). The van der Waals surface area contributed by atoms with Crippen LogP contribution in [0.5, 0.6) is 0 Å². The molecule has 1 aromatic rings. The lowest BCUT2D eigenvalue weighted by Gasteiger charge is -2.35. The van der Waals surface area contributed by atoms with E-state index in [1.807, 2.05) is 18.2 Å². The van der Waals surface area contributed by atoms with Crippen LogP contribution in [-0.2, 0) is 6.54 Å². The predicted molar refractivity (Wildman–Crippen MR) is 84.8 cm³/mol. The van der Waals surface area contributed by atoms with Gasteiger partial charge in [0.05, 0.1) is 12.7 Å². The first-order valence-electron chi connectivity index (χ1n) is 7.78. The van der Waals surface area contributed by atoms with Crippen molar-refractivity contribution in [3.8, 4) is 11.8 Å². The van der Waals surface area contributed by atoms with Crippen LogP contribution in [0.3, 0.4) is 0 Å². The molecule has 0 heterocycles. The summed E-state index contributed by atoms with van der Waals surface area (Å²) in [7, 11) is 2.08. The Bertz CT molecular complexity index is 503. The molecule has 1 saturated carbocycles. The zero-order valence-electron chi connectivity index (χ0n) is 12.8. The summed E-state index contributed by atoms with van der Waals surface area (Å²) in [6.07, 6.45) is 4.60. The highest BCUT2D eigenvalue weighted by Gasteiger charge is 2.26. The number of rotatable bonds is 4. The van der Waals surface area contributed by atoms with Crippen LogP contribution in [-0.4, -0.2) is 40.9 Å². The Morgan fingerprint density at radius 1 is 1.24 bits per heavy atom. The molecular weight excluding hydrogens is 262 g/mol. The van der Waals surface area contributed by atoms with Gasteiger partial charge in [0.1, 0.15) is 0 Å². The van der Waals surface area contributed by atoms with Gasteiger partial charge in [-0.05, 0) is 31.5 Å². The molecule has 2 unspecified atom stereocenters. The van der Waals surface area contributed by atoms with E-state index in [1.54, 1.807) is 0 Å². The van der Waals surface area contributed by atoms with E-state index < -0.39 is 0 Å². The van der Waals surface area contributed by atoms with Crippen LogP contribution in [0.1, 0.15) is 43.2 Å². The van der Waals surface area contributed by atoms with Gasteiger partial charge in [-0.25, -0.2) is 0 Å². The van der Waals surface area contributed by atoms with Crippen LogP contribution in [0.15, 0.2) is 24.3 Å². The number of hydrogen-bond donors (Lipinski definition) is 2. The monoisotopic (exact) mass is 287 g/mol. The molecule has 0 bridgehead atoms. The molecular formula is C18H25NO2. The zero-order chi connectivity index (χ0) is 15.1. The van der Waals surface area contributed by atoms with Crippen molar-refractivity contribution >= 4 is 0 Å². The van der Waals surface area contributed by atoms with Crippen LogP contribution in [0.25, 0.3) is 0 Å². The maximum Gasteiger partial charge on any atom is 0.0695 e. The Labute approximate surface area is 127 Å². The molecule has 0 spiro atoms. The second-order valence-electron chi connectivity index (χ2n) is 5.77. The molecule has 2 N–H and O–H groups in total. The third-order valence-corrected chi connectivity index (χ3v) is 4.16. The first-order valence-corrected chi connectivity index (χ1v) is 7.78. The Morgan fingerprint density at radius 2 is 2.00 bits per heavy atom. The van der Waals surface area contributed by atoms with E-state index in [4.69, 9.17) is 5.11 Å². The SMILES string of the molecule is CN(Cc1ccccc1C#CCCO)C1CCCCC1O. The van der Waals surface area contributed by atoms with Crippen LogP contribution in [0.2, 0.25) is 0 Å². The standard InChI is InChI=1S/C18H25NO2/c1-19(17-11-4-5-12-18(17)21)14-16-10-3-2-8-15(16)9-6-7-13-20/h2-3,8,10,17-18,20-21H,4-5,7,11-14H2,1H3. The fourth-order valence-corrected chi connectivity index (χ4v) is 2.99. The van der Waals surface area contributed by atoms with Gasteiger partial charge in [-0.2, -0.15) is 0 Å². The molecule has 114 valence electrons. The van der Waals surface area contributed by atoms with Crippen molar-refractivity contribution in [2.45, 2.75) is 50.8 Å². The van der Waals surface area contributed by atoms with Crippen molar-refractivity contribution in [2.75, 3.05) is 13.7 Å². The average molecular weight is 287 g/mol. The molecule has 0 aromatic heterocycles. The predicted octanol–water partition coefficient (Wildman–Crippen LogP) is 2.16. The third kappa shape index (κ3) is 4.57. The molecule has 3 nitrogen and oxygen atoms in total. The zero-order valence-corrected chi connectivity index (χ0v) is 12.8. The number of hydrogen-bond acceptors (Lipinski definition) is 3. The van der Waals surface area contributed by atoms with Crippen LogP contribution < -0.4 is 0 Å². The molecule has 0 aliphatic heterocycles. The van der Waals surface area contributed by atoms with Gasteiger partial charge in [0.25, 0.3) is 0 Å². The molecule has 3 heteroatoms. The molecule has 2 atom stereocenters. The Morgan fingerprint density at radius 3 is 2.76 bits per heavy atom. The third-order valence-electron chi connectivity index (χ3n) is 4.16. The van der Waals surface area contributed by atoms with Gasteiger partial charge in [-0.15, -0.1) is 0 Å². The van der Waals surface area contributed by atoms with E-state index in [-0.39, 0.29) is 18.8 Å². The van der Waals surface area contributed by atoms with Gasteiger partial charge in [-0.1, -0.05) is 42.9 Å². The topological polar surface area (TPSA) is 43.7 Å². The highest BCUT2D eigenvalue weighted by molar-refractivity contribution is 5.41. The summed E-state index contributed by atoms with van der Waals surface area (Å²) in [5.41, 5.74) is 2.20. The minimum atomic E-state index is -0.212. The van der Waals surface area contributed by atoms with E-state index in [2.05, 4.69) is 29.9 Å². The lowest BCUT2D eigenvalue weighted by atomic mass is 9.91. The van der Waals surface area contributed by atoms with Crippen molar-refractivity contribution < 1.29 is 10.2 Å². The smallest absolute Gasteiger partial charge is 0.0695 e. The van der Waals surface area contributed by atoms with Crippen molar-refractivity contribution in [2.24, 2.45) is 0 Å². The quantitative estimate of drug-likeness (QED) is 0.834. The van der Waals surface area contributed by atoms with Gasteiger partial charge >= 0.3 is 0 Å². The maximum atomic E-state index is 10.2. The van der Waals surface area contributed by atoms with Gasteiger partial charge in [0.2, 0.25) is 0 Å².